The molecular formula is C17H18FNOS. The average Bonchev–Trinajstić information content (AvgIpc) is 2.48. The largest absolute Gasteiger partial charge is 0.351 e. The lowest BCUT2D eigenvalue weighted by molar-refractivity contribution is 0.0956. The van der Waals surface area contributed by atoms with Crippen molar-refractivity contribution in [1.82, 2.24) is 5.32 Å². The minimum atomic E-state index is -0.172. The van der Waals surface area contributed by atoms with E-state index in [0.717, 1.165) is 11.3 Å². The molecule has 2 aromatic carbocycles. The summed E-state index contributed by atoms with van der Waals surface area (Å²) >= 11 is 1.61. The number of hydrogen-bond donors (Lipinski definition) is 1. The summed E-state index contributed by atoms with van der Waals surface area (Å²) in [6, 6.07) is 14.3. The molecule has 0 bridgehead atoms. The normalized spacial score (nSPS) is 10.4. The molecule has 1 N–H and O–H groups in total. The fourth-order valence-electron chi connectivity index (χ4n) is 1.92. The van der Waals surface area contributed by atoms with Crippen LogP contribution in [0.2, 0.25) is 0 Å². The van der Waals surface area contributed by atoms with Crippen molar-refractivity contribution in [2.24, 2.45) is 0 Å². The zero-order valence-electron chi connectivity index (χ0n) is 11.9. The molecule has 0 aliphatic rings. The van der Waals surface area contributed by atoms with Gasteiger partial charge in [-0.2, -0.15) is 11.8 Å². The predicted molar refractivity (Wildman–Crippen MR) is 86.1 cm³/mol. The number of carbonyl (C=O) groups is 1. The Bertz CT molecular complexity index is 615. The van der Waals surface area contributed by atoms with Crippen LogP contribution in [-0.4, -0.2) is 18.2 Å². The van der Waals surface area contributed by atoms with Crippen molar-refractivity contribution in [2.45, 2.75) is 12.7 Å². The van der Waals surface area contributed by atoms with E-state index in [9.17, 15) is 9.18 Å². The predicted octanol–water partition coefficient (Wildman–Crippen LogP) is 3.80. The van der Waals surface area contributed by atoms with Crippen molar-refractivity contribution in [2.75, 3.05) is 12.3 Å². The molecule has 2 rings (SSSR count). The molecule has 0 fully saturated rings. The molecule has 1 amide bonds. The van der Waals surface area contributed by atoms with E-state index in [1.807, 2.05) is 31.2 Å². The van der Waals surface area contributed by atoms with Gasteiger partial charge in [-0.1, -0.05) is 35.9 Å². The van der Waals surface area contributed by atoms with E-state index in [1.54, 1.807) is 30.0 Å². The Morgan fingerprint density at radius 1 is 1.19 bits per heavy atom. The number of carbonyl (C=O) groups excluding carboxylic acids is 1. The van der Waals surface area contributed by atoms with Crippen molar-refractivity contribution in [3.05, 3.63) is 71.0 Å². The first-order valence-corrected chi connectivity index (χ1v) is 7.98. The van der Waals surface area contributed by atoms with Gasteiger partial charge in [-0.05, 0) is 30.7 Å². The molecule has 0 atom stereocenters. The fourth-order valence-corrected chi connectivity index (χ4v) is 2.77. The third kappa shape index (κ3) is 4.90. The van der Waals surface area contributed by atoms with E-state index in [2.05, 4.69) is 5.32 Å². The van der Waals surface area contributed by atoms with E-state index in [-0.39, 0.29) is 11.7 Å². The van der Waals surface area contributed by atoms with Crippen LogP contribution >= 0.6 is 11.8 Å². The second kappa shape index (κ2) is 7.84. The number of aryl methyl sites for hydroxylation is 1. The second-order valence-electron chi connectivity index (χ2n) is 4.77. The van der Waals surface area contributed by atoms with Crippen LogP contribution in [0.1, 0.15) is 21.5 Å². The number of halogens is 1. The van der Waals surface area contributed by atoms with Crippen molar-refractivity contribution < 1.29 is 9.18 Å². The Morgan fingerprint density at radius 2 is 2.00 bits per heavy atom. The SMILES string of the molecule is Cc1cccc(C(=O)NCCSCc2ccccc2F)c1. The highest BCUT2D eigenvalue weighted by atomic mass is 32.2. The molecule has 0 spiro atoms. The first kappa shape index (κ1) is 15.6. The average molecular weight is 303 g/mol. The lowest BCUT2D eigenvalue weighted by atomic mass is 10.1. The van der Waals surface area contributed by atoms with Gasteiger partial charge in [0, 0.05) is 23.6 Å². The zero-order chi connectivity index (χ0) is 15.1. The van der Waals surface area contributed by atoms with Crippen molar-refractivity contribution in [3.8, 4) is 0 Å². The molecule has 0 aliphatic carbocycles. The second-order valence-corrected chi connectivity index (χ2v) is 5.87. The van der Waals surface area contributed by atoms with Crippen molar-refractivity contribution in [3.63, 3.8) is 0 Å². The van der Waals surface area contributed by atoms with E-state index in [4.69, 9.17) is 0 Å². The summed E-state index contributed by atoms with van der Waals surface area (Å²) in [6.45, 7) is 2.53. The molecule has 4 heteroatoms. The minimum absolute atomic E-state index is 0.0646. The number of nitrogens with one attached hydrogen (secondary N) is 1. The van der Waals surface area contributed by atoms with Gasteiger partial charge in [-0.25, -0.2) is 4.39 Å². The lowest BCUT2D eigenvalue weighted by Crippen LogP contribution is -2.25. The monoisotopic (exact) mass is 303 g/mol. The summed E-state index contributed by atoms with van der Waals surface area (Å²) in [5.74, 6) is 1.14. The Hall–Kier alpha value is -1.81. The van der Waals surface area contributed by atoms with Crippen molar-refractivity contribution >= 4 is 17.7 Å². The highest BCUT2D eigenvalue weighted by Gasteiger charge is 2.05. The maximum absolute atomic E-state index is 13.4. The number of hydrogen-bond acceptors (Lipinski definition) is 2. The van der Waals surface area contributed by atoms with E-state index in [1.165, 1.54) is 6.07 Å². The van der Waals surface area contributed by atoms with Gasteiger partial charge in [0.15, 0.2) is 0 Å². The summed E-state index contributed by atoms with van der Waals surface area (Å²) in [6.07, 6.45) is 0. The summed E-state index contributed by atoms with van der Waals surface area (Å²) < 4.78 is 13.4. The summed E-state index contributed by atoms with van der Waals surface area (Å²) in [7, 11) is 0. The minimum Gasteiger partial charge on any atom is -0.351 e. The molecule has 0 radical (unpaired) electrons. The topological polar surface area (TPSA) is 29.1 Å². The van der Waals surface area contributed by atoms with E-state index >= 15 is 0 Å². The maximum Gasteiger partial charge on any atom is 0.251 e. The molecule has 0 heterocycles. The third-order valence-corrected chi connectivity index (χ3v) is 4.04. The molecule has 21 heavy (non-hydrogen) atoms. The maximum atomic E-state index is 13.4. The number of rotatable bonds is 6. The van der Waals surface area contributed by atoms with Crippen LogP contribution in [0.15, 0.2) is 48.5 Å². The third-order valence-electron chi connectivity index (χ3n) is 3.03. The van der Waals surface area contributed by atoms with Gasteiger partial charge in [0.1, 0.15) is 5.82 Å². The van der Waals surface area contributed by atoms with Gasteiger partial charge in [0.25, 0.3) is 5.91 Å². The van der Waals surface area contributed by atoms with Gasteiger partial charge in [0.05, 0.1) is 0 Å². The van der Waals surface area contributed by atoms with Gasteiger partial charge in [-0.3, -0.25) is 4.79 Å². The van der Waals surface area contributed by atoms with Crippen LogP contribution in [0.4, 0.5) is 4.39 Å². The molecule has 2 aromatic rings. The molecule has 0 saturated heterocycles. The summed E-state index contributed by atoms with van der Waals surface area (Å²) in [5, 5.41) is 2.87. The molecular weight excluding hydrogens is 285 g/mol. The highest BCUT2D eigenvalue weighted by Crippen LogP contribution is 2.14. The molecule has 110 valence electrons. The zero-order valence-corrected chi connectivity index (χ0v) is 12.8. The Kier molecular flexibility index (Phi) is 5.81. The Balaban J connectivity index is 1.70. The van der Waals surface area contributed by atoms with Crippen LogP contribution in [0.5, 0.6) is 0 Å². The molecule has 0 unspecified atom stereocenters. The van der Waals surface area contributed by atoms with Crippen LogP contribution in [0.3, 0.4) is 0 Å². The first-order chi connectivity index (χ1) is 10.2. The number of amides is 1. The van der Waals surface area contributed by atoms with Crippen LogP contribution < -0.4 is 5.32 Å². The van der Waals surface area contributed by atoms with Crippen molar-refractivity contribution in [1.29, 1.82) is 0 Å². The van der Waals surface area contributed by atoms with E-state index in [0.29, 0.717) is 23.4 Å². The van der Waals surface area contributed by atoms with Crippen LogP contribution in [-0.2, 0) is 5.75 Å². The number of thioether (sulfide) groups is 1. The Morgan fingerprint density at radius 3 is 2.76 bits per heavy atom. The van der Waals surface area contributed by atoms with Crippen LogP contribution in [0, 0.1) is 12.7 Å². The van der Waals surface area contributed by atoms with Gasteiger partial charge >= 0.3 is 0 Å². The molecule has 0 aromatic heterocycles. The lowest BCUT2D eigenvalue weighted by Gasteiger charge is -2.06. The Labute approximate surface area is 128 Å². The summed E-state index contributed by atoms with van der Waals surface area (Å²) in [5.41, 5.74) is 2.44. The standard InChI is InChI=1S/C17H18FNOS/c1-13-5-4-7-14(11-13)17(20)19-9-10-21-12-15-6-2-3-8-16(15)18/h2-8,11H,9-10,12H2,1H3,(H,19,20). The smallest absolute Gasteiger partial charge is 0.251 e. The molecule has 2 nitrogen and oxygen atoms in total. The quantitative estimate of drug-likeness (QED) is 0.823. The van der Waals surface area contributed by atoms with Gasteiger partial charge in [0.2, 0.25) is 0 Å². The van der Waals surface area contributed by atoms with E-state index < -0.39 is 0 Å². The van der Waals surface area contributed by atoms with Gasteiger partial charge < -0.3 is 5.32 Å². The molecule has 0 aliphatic heterocycles. The van der Waals surface area contributed by atoms with Crippen LogP contribution in [0.25, 0.3) is 0 Å². The molecule has 0 saturated carbocycles. The highest BCUT2D eigenvalue weighted by molar-refractivity contribution is 7.98. The summed E-state index contributed by atoms with van der Waals surface area (Å²) in [4.78, 5) is 11.9. The first-order valence-electron chi connectivity index (χ1n) is 6.83. The van der Waals surface area contributed by atoms with Gasteiger partial charge in [-0.15, -0.1) is 0 Å². The number of benzene rings is 2. The fraction of sp³-hybridized carbons (Fsp3) is 0.235.